The Labute approximate surface area is 151 Å². The van der Waals surface area contributed by atoms with Crippen molar-refractivity contribution in [1.29, 1.82) is 0 Å². The molecule has 0 radical (unpaired) electrons. The van der Waals surface area contributed by atoms with Gasteiger partial charge in [-0.1, -0.05) is 0 Å². The van der Waals surface area contributed by atoms with E-state index in [4.69, 9.17) is 14.3 Å². The summed E-state index contributed by atoms with van der Waals surface area (Å²) in [4.78, 5) is 23.4. The summed E-state index contributed by atoms with van der Waals surface area (Å²) in [6.45, 7) is -0.339. The number of primary sulfonamides is 1. The smallest absolute Gasteiger partial charge is 0.287 e. The monoisotopic (exact) mass is 431 g/mol. The lowest BCUT2D eigenvalue weighted by molar-refractivity contribution is -0.115. The molecule has 0 saturated carbocycles. The summed E-state index contributed by atoms with van der Waals surface area (Å²) in [5.41, 5.74) is 0.185. The van der Waals surface area contributed by atoms with Crippen LogP contribution >= 0.6 is 15.9 Å². The molecule has 0 aliphatic carbocycles. The average molecular weight is 432 g/mol. The minimum atomic E-state index is -4.03. The molecule has 0 fully saturated rings. The van der Waals surface area contributed by atoms with Crippen LogP contribution in [0.15, 0.2) is 44.3 Å². The molecule has 0 unspecified atom stereocenters. The van der Waals surface area contributed by atoms with Crippen LogP contribution in [0.3, 0.4) is 0 Å². The van der Waals surface area contributed by atoms with Crippen molar-refractivity contribution in [3.05, 3.63) is 40.8 Å². The zero-order chi connectivity index (χ0) is 18.6. The van der Waals surface area contributed by atoms with Crippen LogP contribution in [0.4, 0.5) is 5.69 Å². The molecular weight excluding hydrogens is 418 g/mol. The Morgan fingerprint density at radius 3 is 2.56 bits per heavy atom. The molecule has 4 N–H and O–H groups in total. The summed E-state index contributed by atoms with van der Waals surface area (Å²) >= 11 is 3.06. The summed E-state index contributed by atoms with van der Waals surface area (Å²) in [5, 5.41) is 9.92. The largest absolute Gasteiger partial charge is 0.495 e. The van der Waals surface area contributed by atoms with E-state index in [2.05, 4.69) is 26.6 Å². The van der Waals surface area contributed by atoms with E-state index in [1.807, 2.05) is 0 Å². The van der Waals surface area contributed by atoms with Gasteiger partial charge in [0.05, 0.1) is 13.7 Å². The number of carbonyl (C=O) groups is 2. The van der Waals surface area contributed by atoms with E-state index in [0.29, 0.717) is 4.67 Å². The molecule has 25 heavy (non-hydrogen) atoms. The second kappa shape index (κ2) is 7.68. The van der Waals surface area contributed by atoms with Gasteiger partial charge in [-0.2, -0.15) is 0 Å². The number of amides is 2. The second-order valence-electron chi connectivity index (χ2n) is 4.75. The molecule has 9 nitrogen and oxygen atoms in total. The first-order valence-electron chi connectivity index (χ1n) is 6.75. The highest BCUT2D eigenvalue weighted by Gasteiger charge is 2.17. The molecule has 0 spiro atoms. The number of benzene rings is 1. The minimum absolute atomic E-state index is 0.0423. The fraction of sp³-hybridized carbons (Fsp3) is 0.143. The van der Waals surface area contributed by atoms with Gasteiger partial charge in [-0.3, -0.25) is 9.59 Å². The van der Waals surface area contributed by atoms with E-state index >= 15 is 0 Å². The van der Waals surface area contributed by atoms with Crippen LogP contribution in [0.5, 0.6) is 5.75 Å². The number of sulfonamides is 1. The summed E-state index contributed by atoms with van der Waals surface area (Å²) in [5.74, 6) is -1.04. The van der Waals surface area contributed by atoms with Crippen molar-refractivity contribution in [2.75, 3.05) is 19.0 Å². The number of hydrogen-bond donors (Lipinski definition) is 3. The Hall–Kier alpha value is -2.37. The second-order valence-corrected chi connectivity index (χ2v) is 7.06. The van der Waals surface area contributed by atoms with E-state index < -0.39 is 21.8 Å². The van der Waals surface area contributed by atoms with Gasteiger partial charge in [0.1, 0.15) is 10.6 Å². The number of anilines is 1. The highest BCUT2D eigenvalue weighted by molar-refractivity contribution is 9.10. The maximum Gasteiger partial charge on any atom is 0.287 e. The first-order chi connectivity index (χ1) is 11.7. The van der Waals surface area contributed by atoms with Crippen LogP contribution in [0.25, 0.3) is 0 Å². The number of nitrogens with one attached hydrogen (secondary N) is 2. The summed E-state index contributed by atoms with van der Waals surface area (Å²) in [7, 11) is -2.73. The van der Waals surface area contributed by atoms with E-state index in [9.17, 15) is 18.0 Å². The number of nitrogens with two attached hydrogens (primary N) is 1. The van der Waals surface area contributed by atoms with Crippen molar-refractivity contribution in [1.82, 2.24) is 5.32 Å². The molecule has 1 aromatic carbocycles. The lowest BCUT2D eigenvalue weighted by atomic mass is 10.3. The quantitative estimate of drug-likeness (QED) is 0.624. The topological polar surface area (TPSA) is 141 Å². The van der Waals surface area contributed by atoms with E-state index in [1.165, 1.54) is 25.3 Å². The number of furan rings is 1. The Morgan fingerprint density at radius 2 is 2.00 bits per heavy atom. The maximum absolute atomic E-state index is 11.9. The van der Waals surface area contributed by atoms with E-state index in [0.717, 1.165) is 6.07 Å². The molecule has 11 heteroatoms. The van der Waals surface area contributed by atoms with Gasteiger partial charge in [0.15, 0.2) is 10.4 Å². The molecule has 0 saturated heterocycles. The zero-order valence-electron chi connectivity index (χ0n) is 12.9. The zero-order valence-corrected chi connectivity index (χ0v) is 15.3. The van der Waals surface area contributed by atoms with Gasteiger partial charge in [-0.15, -0.1) is 0 Å². The van der Waals surface area contributed by atoms with Gasteiger partial charge in [0, 0.05) is 5.69 Å². The van der Waals surface area contributed by atoms with Gasteiger partial charge in [-0.25, -0.2) is 13.6 Å². The predicted octanol–water partition coefficient (Wildman–Crippen LogP) is 1.07. The molecule has 134 valence electrons. The average Bonchev–Trinajstić information content (AvgIpc) is 2.98. The van der Waals surface area contributed by atoms with Crippen LogP contribution in [-0.2, 0) is 14.8 Å². The van der Waals surface area contributed by atoms with E-state index in [1.54, 1.807) is 6.07 Å². The number of ether oxygens (including phenoxy) is 1. The van der Waals surface area contributed by atoms with Crippen LogP contribution < -0.4 is 20.5 Å². The lowest BCUT2D eigenvalue weighted by Gasteiger charge is -2.10. The molecule has 2 amide bonds. The minimum Gasteiger partial charge on any atom is -0.495 e. The number of hydrogen-bond acceptors (Lipinski definition) is 6. The van der Waals surface area contributed by atoms with Crippen molar-refractivity contribution < 1.29 is 27.2 Å². The highest BCUT2D eigenvalue weighted by atomic mass is 79.9. The number of methoxy groups -OCH3 is 1. The Kier molecular flexibility index (Phi) is 5.82. The van der Waals surface area contributed by atoms with Gasteiger partial charge >= 0.3 is 0 Å². The van der Waals surface area contributed by atoms with Crippen LogP contribution in [0.1, 0.15) is 10.6 Å². The molecule has 2 aromatic rings. The summed E-state index contributed by atoms with van der Waals surface area (Å²) in [6, 6.07) is 6.95. The Morgan fingerprint density at radius 1 is 1.28 bits per heavy atom. The number of halogens is 1. The molecule has 0 bridgehead atoms. The SMILES string of the molecule is COc1ccc(NC(=O)CNC(=O)c2ccc(Br)o2)cc1S(N)(=O)=O. The van der Waals surface area contributed by atoms with Gasteiger partial charge in [0.25, 0.3) is 5.91 Å². The van der Waals surface area contributed by atoms with Crippen molar-refractivity contribution in [3.8, 4) is 5.75 Å². The third-order valence-corrected chi connectivity index (χ3v) is 4.32. The molecule has 1 aromatic heterocycles. The van der Waals surface area contributed by atoms with Crippen LogP contribution in [0, 0.1) is 0 Å². The highest BCUT2D eigenvalue weighted by Crippen LogP contribution is 2.26. The number of carbonyl (C=O) groups excluding carboxylic acids is 2. The summed E-state index contributed by atoms with van der Waals surface area (Å²) in [6.07, 6.45) is 0. The van der Waals surface area contributed by atoms with Crippen molar-refractivity contribution in [2.24, 2.45) is 5.14 Å². The Bertz CT molecular complexity index is 909. The first kappa shape index (κ1) is 19.0. The van der Waals surface area contributed by atoms with E-state index in [-0.39, 0.29) is 28.6 Å². The normalized spacial score (nSPS) is 11.0. The van der Waals surface area contributed by atoms with Crippen LogP contribution in [-0.4, -0.2) is 33.9 Å². The fourth-order valence-electron chi connectivity index (χ4n) is 1.87. The Balaban J connectivity index is 2.02. The predicted molar refractivity (Wildman–Crippen MR) is 91.7 cm³/mol. The molecule has 2 rings (SSSR count). The molecule has 0 aliphatic rings. The van der Waals surface area contributed by atoms with Crippen molar-refractivity contribution in [2.45, 2.75) is 4.90 Å². The number of rotatable bonds is 6. The van der Waals surface area contributed by atoms with Crippen molar-refractivity contribution in [3.63, 3.8) is 0 Å². The maximum atomic E-state index is 11.9. The molecular formula is C14H14BrN3O6S. The molecule has 0 aliphatic heterocycles. The van der Waals surface area contributed by atoms with Crippen molar-refractivity contribution >= 4 is 43.5 Å². The lowest BCUT2D eigenvalue weighted by Crippen LogP contribution is -2.32. The fourth-order valence-corrected chi connectivity index (χ4v) is 2.90. The first-order valence-corrected chi connectivity index (χ1v) is 9.09. The third kappa shape index (κ3) is 5.05. The standard InChI is InChI=1S/C14H14BrN3O6S/c1-23-9-3-2-8(6-11(9)25(16,21)22)18-13(19)7-17-14(20)10-4-5-12(15)24-10/h2-6H,7H2,1H3,(H,17,20)(H,18,19)(H2,16,21,22). The molecule has 1 heterocycles. The summed E-state index contributed by atoms with van der Waals surface area (Å²) < 4.78 is 33.4. The van der Waals surface area contributed by atoms with Crippen LogP contribution in [0.2, 0.25) is 0 Å². The van der Waals surface area contributed by atoms with Gasteiger partial charge in [0.2, 0.25) is 15.9 Å². The van der Waals surface area contributed by atoms with Gasteiger partial charge < -0.3 is 19.8 Å². The van der Waals surface area contributed by atoms with Gasteiger partial charge in [-0.05, 0) is 46.3 Å². The molecule has 0 atom stereocenters. The third-order valence-electron chi connectivity index (χ3n) is 2.96.